The zero-order valence-electron chi connectivity index (χ0n) is 14.5. The molecule has 0 spiro atoms. The van der Waals surface area contributed by atoms with Crippen LogP contribution < -0.4 is 10.1 Å². The minimum atomic E-state index is -0.377. The highest BCUT2D eigenvalue weighted by atomic mass is 35.5. The fraction of sp³-hybridized carbons (Fsp3) is 0.250. The van der Waals surface area contributed by atoms with Crippen LogP contribution in [0, 0.1) is 0 Å². The predicted molar refractivity (Wildman–Crippen MR) is 103 cm³/mol. The third-order valence-electron chi connectivity index (χ3n) is 4.32. The molecule has 6 nitrogen and oxygen atoms in total. The molecular formula is C20H18ClN3O3. The van der Waals surface area contributed by atoms with E-state index in [1.165, 1.54) is 6.20 Å². The maximum atomic E-state index is 12.6. The minimum absolute atomic E-state index is 0.0792. The van der Waals surface area contributed by atoms with Gasteiger partial charge in [0.15, 0.2) is 0 Å². The first kappa shape index (κ1) is 17.7. The van der Waals surface area contributed by atoms with E-state index in [9.17, 15) is 4.79 Å². The number of amides is 1. The van der Waals surface area contributed by atoms with E-state index in [0.29, 0.717) is 28.6 Å². The second kappa shape index (κ2) is 7.90. The van der Waals surface area contributed by atoms with E-state index in [-0.39, 0.29) is 17.7 Å². The highest BCUT2D eigenvalue weighted by molar-refractivity contribution is 6.31. The largest absolute Gasteiger partial charge is 0.489 e. The van der Waals surface area contributed by atoms with Crippen LogP contribution in [0.1, 0.15) is 23.3 Å². The number of rotatable bonds is 5. The topological polar surface area (TPSA) is 73.3 Å². The van der Waals surface area contributed by atoms with Crippen LogP contribution in [-0.2, 0) is 4.74 Å². The molecule has 27 heavy (non-hydrogen) atoms. The van der Waals surface area contributed by atoms with Crippen LogP contribution in [0.3, 0.4) is 0 Å². The second-order valence-electron chi connectivity index (χ2n) is 6.28. The molecule has 0 bridgehead atoms. The van der Waals surface area contributed by atoms with Gasteiger partial charge in [-0.15, -0.1) is 0 Å². The van der Waals surface area contributed by atoms with Crippen molar-refractivity contribution in [3.8, 4) is 5.75 Å². The molecule has 1 unspecified atom stereocenters. The van der Waals surface area contributed by atoms with Crippen molar-refractivity contribution in [2.24, 2.45) is 0 Å². The lowest BCUT2D eigenvalue weighted by molar-refractivity contribution is 0.0682. The zero-order chi connectivity index (χ0) is 18.6. The van der Waals surface area contributed by atoms with Gasteiger partial charge in [-0.05, 0) is 43.2 Å². The number of nitrogens with zero attached hydrogens (tertiary/aromatic N) is 2. The van der Waals surface area contributed by atoms with Crippen LogP contribution in [0.2, 0.25) is 5.02 Å². The number of para-hydroxylation sites is 2. The van der Waals surface area contributed by atoms with E-state index in [4.69, 9.17) is 21.1 Å². The van der Waals surface area contributed by atoms with Gasteiger partial charge in [0.05, 0.1) is 29.0 Å². The maximum Gasteiger partial charge on any atom is 0.275 e. The Bertz CT molecular complexity index is 974. The average molecular weight is 384 g/mol. The summed E-state index contributed by atoms with van der Waals surface area (Å²) in [5, 5.41) is 3.32. The summed E-state index contributed by atoms with van der Waals surface area (Å²) in [7, 11) is 0. The molecule has 1 fully saturated rings. The molecule has 1 aliphatic heterocycles. The second-order valence-corrected chi connectivity index (χ2v) is 6.72. The highest BCUT2D eigenvalue weighted by Crippen LogP contribution is 2.29. The van der Waals surface area contributed by atoms with E-state index in [0.717, 1.165) is 25.0 Å². The molecule has 138 valence electrons. The number of carbonyl (C=O) groups is 1. The van der Waals surface area contributed by atoms with Gasteiger partial charge in [-0.2, -0.15) is 0 Å². The molecule has 1 atom stereocenters. The number of ether oxygens (including phenoxy) is 2. The third-order valence-corrected chi connectivity index (χ3v) is 4.55. The Kier molecular flexibility index (Phi) is 5.18. The number of aromatic nitrogens is 2. The molecule has 2 aromatic carbocycles. The first-order valence-corrected chi connectivity index (χ1v) is 9.14. The smallest absolute Gasteiger partial charge is 0.275 e. The van der Waals surface area contributed by atoms with E-state index >= 15 is 0 Å². The van der Waals surface area contributed by atoms with Gasteiger partial charge in [-0.25, -0.2) is 4.98 Å². The SMILES string of the molecule is O=C(Nc1cc(Cl)ccc1OCC1CCCO1)c1cnc2ccccc2n1. The Balaban J connectivity index is 1.52. The van der Waals surface area contributed by atoms with Crippen LogP contribution >= 0.6 is 11.6 Å². The van der Waals surface area contributed by atoms with E-state index in [1.807, 2.05) is 24.3 Å². The van der Waals surface area contributed by atoms with Gasteiger partial charge in [0, 0.05) is 11.6 Å². The van der Waals surface area contributed by atoms with Crippen molar-refractivity contribution in [2.45, 2.75) is 18.9 Å². The summed E-state index contributed by atoms with van der Waals surface area (Å²) in [5.74, 6) is 0.162. The van der Waals surface area contributed by atoms with Crippen molar-refractivity contribution < 1.29 is 14.3 Å². The minimum Gasteiger partial charge on any atom is -0.489 e. The number of nitrogens with one attached hydrogen (secondary N) is 1. The number of fused-ring (bicyclic) bond motifs is 1. The normalized spacial score (nSPS) is 16.4. The lowest BCUT2D eigenvalue weighted by atomic mass is 10.2. The summed E-state index contributed by atoms with van der Waals surface area (Å²) in [5.41, 5.74) is 2.10. The molecule has 4 rings (SSSR count). The molecule has 0 aliphatic carbocycles. The van der Waals surface area contributed by atoms with Gasteiger partial charge in [0.25, 0.3) is 5.91 Å². The van der Waals surface area contributed by atoms with Gasteiger partial charge in [0.1, 0.15) is 18.1 Å². The predicted octanol–water partition coefficient (Wildman–Crippen LogP) is 4.09. The van der Waals surface area contributed by atoms with Crippen molar-refractivity contribution in [1.29, 1.82) is 0 Å². The van der Waals surface area contributed by atoms with E-state index in [1.54, 1.807) is 18.2 Å². The van der Waals surface area contributed by atoms with Gasteiger partial charge in [-0.1, -0.05) is 23.7 Å². The molecule has 1 aromatic heterocycles. The molecule has 2 heterocycles. The first-order chi connectivity index (χ1) is 13.2. The zero-order valence-corrected chi connectivity index (χ0v) is 15.3. The average Bonchev–Trinajstić information content (AvgIpc) is 3.20. The summed E-state index contributed by atoms with van der Waals surface area (Å²) >= 11 is 6.09. The molecule has 0 radical (unpaired) electrons. The van der Waals surface area contributed by atoms with Gasteiger partial charge in [-0.3, -0.25) is 9.78 Å². The maximum absolute atomic E-state index is 12.6. The van der Waals surface area contributed by atoms with Crippen LogP contribution in [0.25, 0.3) is 11.0 Å². The molecule has 1 amide bonds. The molecule has 3 aromatic rings. The lowest BCUT2D eigenvalue weighted by Crippen LogP contribution is -2.18. The Morgan fingerprint density at radius 2 is 2.11 bits per heavy atom. The number of carbonyl (C=O) groups excluding carboxylic acids is 1. The Labute approximate surface area is 161 Å². The summed E-state index contributed by atoms with van der Waals surface area (Å²) in [6, 6.07) is 12.5. The third kappa shape index (κ3) is 4.18. The fourth-order valence-corrected chi connectivity index (χ4v) is 3.11. The van der Waals surface area contributed by atoms with Gasteiger partial charge >= 0.3 is 0 Å². The molecule has 0 saturated carbocycles. The van der Waals surface area contributed by atoms with Crippen molar-refractivity contribution in [3.05, 3.63) is 59.4 Å². The summed E-state index contributed by atoms with van der Waals surface area (Å²) < 4.78 is 11.4. The monoisotopic (exact) mass is 383 g/mol. The first-order valence-electron chi connectivity index (χ1n) is 8.76. The Morgan fingerprint density at radius 3 is 2.93 bits per heavy atom. The Morgan fingerprint density at radius 1 is 1.26 bits per heavy atom. The van der Waals surface area contributed by atoms with Crippen molar-refractivity contribution in [3.63, 3.8) is 0 Å². The molecule has 1 saturated heterocycles. The lowest BCUT2D eigenvalue weighted by Gasteiger charge is -2.15. The Hall–Kier alpha value is -2.70. The summed E-state index contributed by atoms with van der Waals surface area (Å²) in [4.78, 5) is 21.3. The van der Waals surface area contributed by atoms with E-state index in [2.05, 4.69) is 15.3 Å². The fourth-order valence-electron chi connectivity index (χ4n) is 2.94. The summed E-state index contributed by atoms with van der Waals surface area (Å²) in [6.07, 6.45) is 3.55. The number of benzene rings is 2. The molecule has 1 aliphatic rings. The number of anilines is 1. The highest BCUT2D eigenvalue weighted by Gasteiger charge is 2.18. The molecule has 7 heteroatoms. The van der Waals surface area contributed by atoms with Crippen molar-refractivity contribution in [1.82, 2.24) is 9.97 Å². The van der Waals surface area contributed by atoms with Gasteiger partial charge in [0.2, 0.25) is 0 Å². The standard InChI is InChI=1S/C20H18ClN3O3/c21-13-7-8-19(27-12-14-4-3-9-26-14)17(10-13)24-20(25)18-11-22-15-5-1-2-6-16(15)23-18/h1-2,5-8,10-11,14H,3-4,9,12H2,(H,24,25). The number of halogens is 1. The molecular weight excluding hydrogens is 366 g/mol. The van der Waals surface area contributed by atoms with Crippen molar-refractivity contribution in [2.75, 3.05) is 18.5 Å². The number of hydrogen-bond acceptors (Lipinski definition) is 5. The summed E-state index contributed by atoms with van der Waals surface area (Å²) in [6.45, 7) is 1.19. The van der Waals surface area contributed by atoms with Crippen molar-refractivity contribution >= 4 is 34.2 Å². The quantitative estimate of drug-likeness (QED) is 0.718. The van der Waals surface area contributed by atoms with Crippen LogP contribution in [-0.4, -0.2) is 35.2 Å². The van der Waals surface area contributed by atoms with E-state index < -0.39 is 0 Å². The molecule has 1 N–H and O–H groups in total. The number of hydrogen-bond donors (Lipinski definition) is 1. The van der Waals surface area contributed by atoms with Crippen LogP contribution in [0.5, 0.6) is 5.75 Å². The van der Waals surface area contributed by atoms with Gasteiger partial charge < -0.3 is 14.8 Å². The van der Waals surface area contributed by atoms with Crippen LogP contribution in [0.15, 0.2) is 48.7 Å². The van der Waals surface area contributed by atoms with Crippen LogP contribution in [0.4, 0.5) is 5.69 Å².